The third kappa shape index (κ3) is 2.88. The van der Waals surface area contributed by atoms with Gasteiger partial charge in [-0.1, -0.05) is 24.3 Å². The van der Waals surface area contributed by atoms with Crippen LogP contribution in [0.1, 0.15) is 22.3 Å². The molecule has 8 heteroatoms. The van der Waals surface area contributed by atoms with Gasteiger partial charge in [0.05, 0.1) is 15.2 Å². The first-order valence-corrected chi connectivity index (χ1v) is 17.0. The van der Waals surface area contributed by atoms with E-state index < -0.39 is 0 Å². The fraction of sp³-hybridized carbons (Fsp3) is 0.152. The molecule has 10 rings (SSSR count). The van der Waals surface area contributed by atoms with Gasteiger partial charge in [0.2, 0.25) is 0 Å². The van der Waals surface area contributed by atoms with E-state index in [1.54, 1.807) is 22.7 Å². The van der Waals surface area contributed by atoms with Crippen LogP contribution in [0.15, 0.2) is 70.1 Å². The molecule has 0 N–H and O–H groups in total. The summed E-state index contributed by atoms with van der Waals surface area (Å²) in [6, 6.07) is 18.6. The van der Waals surface area contributed by atoms with E-state index >= 15 is 0 Å². The molecule has 0 radical (unpaired) electrons. The van der Waals surface area contributed by atoms with Crippen molar-refractivity contribution < 1.29 is 18.9 Å². The Morgan fingerprint density at radius 2 is 0.976 bits per heavy atom. The summed E-state index contributed by atoms with van der Waals surface area (Å²) < 4.78 is 24.0. The van der Waals surface area contributed by atoms with Gasteiger partial charge in [0.1, 0.15) is 26.4 Å². The molecule has 2 aliphatic carbocycles. The molecule has 6 heterocycles. The van der Waals surface area contributed by atoms with Gasteiger partial charge in [-0.05, 0) is 79.5 Å². The smallest absolute Gasteiger partial charge is 0.179 e. The standard InChI is InChI=1S/C33H20O4S4/c1-3-19-20-4-2-18(30-28-26(16-41-30)35-8-10-37-28)14-24(20)33(21-5-11-38-31(21)32-22(33)6-12-39-32)23(19)13-17(1)29-27-25(15-40-29)34-7-9-36-27/h1-6,11-16H,7-10H2. The fourth-order valence-corrected chi connectivity index (χ4v) is 11.0. The summed E-state index contributed by atoms with van der Waals surface area (Å²) in [7, 11) is 0. The van der Waals surface area contributed by atoms with Crippen LogP contribution < -0.4 is 18.9 Å². The third-order valence-electron chi connectivity index (χ3n) is 8.61. The molecule has 0 saturated heterocycles. The number of ether oxygens (including phenoxy) is 4. The number of fused-ring (bicyclic) bond motifs is 12. The number of hydrogen-bond donors (Lipinski definition) is 0. The van der Waals surface area contributed by atoms with E-state index in [0.717, 1.165) is 32.8 Å². The Kier molecular flexibility index (Phi) is 4.64. The van der Waals surface area contributed by atoms with E-state index in [1.165, 1.54) is 54.3 Å². The highest BCUT2D eigenvalue weighted by Gasteiger charge is 2.53. The maximum atomic E-state index is 6.11. The van der Waals surface area contributed by atoms with Gasteiger partial charge in [0.25, 0.3) is 0 Å². The minimum Gasteiger partial charge on any atom is -0.485 e. The van der Waals surface area contributed by atoms with E-state index in [0.29, 0.717) is 26.4 Å². The molecule has 0 bridgehead atoms. The highest BCUT2D eigenvalue weighted by molar-refractivity contribution is 7.21. The van der Waals surface area contributed by atoms with Crippen molar-refractivity contribution in [2.75, 3.05) is 26.4 Å². The van der Waals surface area contributed by atoms with Crippen LogP contribution in [0.25, 0.3) is 41.8 Å². The minimum atomic E-state index is -0.370. The van der Waals surface area contributed by atoms with Crippen molar-refractivity contribution in [3.05, 3.63) is 92.3 Å². The summed E-state index contributed by atoms with van der Waals surface area (Å²) in [5.41, 5.74) is 10.0. The second kappa shape index (κ2) is 8.26. The maximum Gasteiger partial charge on any atom is 0.179 e. The molecule has 4 nitrogen and oxygen atoms in total. The second-order valence-corrected chi connectivity index (χ2v) is 14.1. The summed E-state index contributed by atoms with van der Waals surface area (Å²) >= 11 is 7.10. The monoisotopic (exact) mass is 608 g/mol. The quantitative estimate of drug-likeness (QED) is 0.196. The zero-order valence-electron chi connectivity index (χ0n) is 21.5. The molecular formula is C33H20O4S4. The topological polar surface area (TPSA) is 36.9 Å². The Morgan fingerprint density at radius 3 is 1.49 bits per heavy atom. The van der Waals surface area contributed by atoms with Gasteiger partial charge in [0.15, 0.2) is 23.0 Å². The van der Waals surface area contributed by atoms with Crippen LogP contribution in [0.4, 0.5) is 0 Å². The molecule has 2 aromatic carbocycles. The molecule has 6 aromatic rings. The van der Waals surface area contributed by atoms with Gasteiger partial charge >= 0.3 is 0 Å². The SMILES string of the molecule is c1cc2c(s1)-c1sccc1C21c2cc(-c3scc4c3OCCO4)ccc2-c2ccc(-c3scc4c3OCCO4)cc21. The molecule has 200 valence electrons. The van der Waals surface area contributed by atoms with Crippen molar-refractivity contribution >= 4 is 45.3 Å². The van der Waals surface area contributed by atoms with Crippen LogP contribution in [0, 0.1) is 0 Å². The predicted molar refractivity (Wildman–Crippen MR) is 167 cm³/mol. The van der Waals surface area contributed by atoms with E-state index in [2.05, 4.69) is 70.1 Å². The fourth-order valence-electron chi connectivity index (χ4n) is 7.02. The molecule has 4 aromatic heterocycles. The van der Waals surface area contributed by atoms with Gasteiger partial charge < -0.3 is 18.9 Å². The van der Waals surface area contributed by atoms with Crippen LogP contribution in [0.2, 0.25) is 0 Å². The lowest BCUT2D eigenvalue weighted by atomic mass is 9.71. The number of benzene rings is 2. The van der Waals surface area contributed by atoms with E-state index in [-0.39, 0.29) is 5.41 Å². The van der Waals surface area contributed by atoms with Gasteiger partial charge in [-0.2, -0.15) is 0 Å². The molecule has 4 aliphatic rings. The minimum absolute atomic E-state index is 0.370. The second-order valence-electron chi connectivity index (χ2n) is 10.5. The molecule has 0 amide bonds. The highest BCUT2D eigenvalue weighted by atomic mass is 32.1. The highest BCUT2D eigenvalue weighted by Crippen LogP contribution is 2.66. The van der Waals surface area contributed by atoms with Gasteiger partial charge in [-0.25, -0.2) is 0 Å². The first-order chi connectivity index (χ1) is 20.3. The lowest BCUT2D eigenvalue weighted by Gasteiger charge is -2.29. The largest absolute Gasteiger partial charge is 0.485 e. The molecule has 1 spiro atoms. The Balaban J connectivity index is 1.25. The van der Waals surface area contributed by atoms with Crippen molar-refractivity contribution in [1.82, 2.24) is 0 Å². The van der Waals surface area contributed by atoms with Crippen LogP contribution >= 0.6 is 45.3 Å². The zero-order chi connectivity index (χ0) is 26.7. The molecule has 2 aliphatic heterocycles. The van der Waals surface area contributed by atoms with Crippen LogP contribution in [-0.2, 0) is 5.41 Å². The van der Waals surface area contributed by atoms with Gasteiger partial charge in [0, 0.05) is 20.5 Å². The zero-order valence-corrected chi connectivity index (χ0v) is 24.8. The van der Waals surface area contributed by atoms with Crippen LogP contribution in [0.5, 0.6) is 23.0 Å². The van der Waals surface area contributed by atoms with Crippen molar-refractivity contribution in [2.45, 2.75) is 5.41 Å². The summed E-state index contributed by atoms with van der Waals surface area (Å²) in [5.74, 6) is 3.45. The van der Waals surface area contributed by atoms with Crippen molar-refractivity contribution in [3.63, 3.8) is 0 Å². The van der Waals surface area contributed by atoms with Crippen LogP contribution in [0.3, 0.4) is 0 Å². The summed E-state index contributed by atoms with van der Waals surface area (Å²) in [4.78, 5) is 5.04. The van der Waals surface area contributed by atoms with E-state index in [1.807, 2.05) is 22.7 Å². The normalized spacial score (nSPS) is 16.4. The molecule has 0 atom stereocenters. The first-order valence-electron chi connectivity index (χ1n) is 13.5. The summed E-state index contributed by atoms with van der Waals surface area (Å²) in [6.07, 6.45) is 0. The number of thiophene rings is 4. The molecule has 41 heavy (non-hydrogen) atoms. The number of rotatable bonds is 2. The predicted octanol–water partition coefficient (Wildman–Crippen LogP) is 9.15. The average molecular weight is 609 g/mol. The molecule has 0 unspecified atom stereocenters. The van der Waals surface area contributed by atoms with Crippen LogP contribution in [-0.4, -0.2) is 26.4 Å². The summed E-state index contributed by atoms with van der Waals surface area (Å²) in [5, 5.41) is 8.65. The Bertz CT molecular complexity index is 1890. The maximum absolute atomic E-state index is 6.11. The van der Waals surface area contributed by atoms with Gasteiger partial charge in [-0.15, -0.1) is 45.3 Å². The van der Waals surface area contributed by atoms with Crippen molar-refractivity contribution in [2.24, 2.45) is 0 Å². The summed E-state index contributed by atoms with van der Waals surface area (Å²) in [6.45, 7) is 2.36. The van der Waals surface area contributed by atoms with E-state index in [4.69, 9.17) is 18.9 Å². The van der Waals surface area contributed by atoms with Crippen molar-refractivity contribution in [3.8, 4) is 64.8 Å². The molecular weight excluding hydrogens is 589 g/mol. The molecule has 0 saturated carbocycles. The lowest BCUT2D eigenvalue weighted by Crippen LogP contribution is -2.25. The van der Waals surface area contributed by atoms with Gasteiger partial charge in [-0.3, -0.25) is 0 Å². The van der Waals surface area contributed by atoms with E-state index in [9.17, 15) is 0 Å². The lowest BCUT2D eigenvalue weighted by molar-refractivity contribution is 0.174. The third-order valence-corrected chi connectivity index (χ3v) is 12.6. The van der Waals surface area contributed by atoms with Crippen molar-refractivity contribution in [1.29, 1.82) is 0 Å². The first kappa shape index (κ1) is 23.1. The molecule has 0 fully saturated rings. The Morgan fingerprint density at radius 1 is 0.488 bits per heavy atom. The average Bonchev–Trinajstić information content (AvgIpc) is 3.85. The Hall–Kier alpha value is -3.56. The Labute approximate surface area is 252 Å². The number of hydrogen-bond acceptors (Lipinski definition) is 8.